The fourth-order valence-corrected chi connectivity index (χ4v) is 3.22. The molecule has 0 bridgehead atoms. The van der Waals surface area contributed by atoms with Crippen molar-refractivity contribution in [2.75, 3.05) is 7.11 Å². The van der Waals surface area contributed by atoms with Crippen LogP contribution in [0.15, 0.2) is 65.1 Å². The molecule has 146 valence electrons. The van der Waals surface area contributed by atoms with Crippen molar-refractivity contribution in [3.8, 4) is 17.6 Å². The Morgan fingerprint density at radius 3 is 2.48 bits per heavy atom. The quantitative estimate of drug-likeness (QED) is 0.315. The van der Waals surface area contributed by atoms with Crippen molar-refractivity contribution in [2.24, 2.45) is 0 Å². The van der Waals surface area contributed by atoms with Gasteiger partial charge < -0.3 is 9.47 Å². The van der Waals surface area contributed by atoms with E-state index in [4.69, 9.17) is 9.47 Å². The Morgan fingerprint density at radius 2 is 1.83 bits per heavy atom. The smallest absolute Gasteiger partial charge is 0.162 e. The van der Waals surface area contributed by atoms with E-state index in [2.05, 4.69) is 22.0 Å². The second-order valence-corrected chi connectivity index (χ2v) is 7.30. The number of allylic oxidation sites excluding steroid dienone is 1. The van der Waals surface area contributed by atoms with Crippen LogP contribution < -0.4 is 9.47 Å². The zero-order valence-electron chi connectivity index (χ0n) is 16.1. The Hall–Kier alpha value is -3.10. The van der Waals surface area contributed by atoms with Crippen LogP contribution in [0.4, 0.5) is 4.39 Å². The van der Waals surface area contributed by atoms with Crippen molar-refractivity contribution >= 4 is 27.6 Å². The second-order valence-electron chi connectivity index (χ2n) is 6.45. The number of rotatable bonds is 6. The van der Waals surface area contributed by atoms with Crippen molar-refractivity contribution < 1.29 is 13.9 Å². The Balaban J connectivity index is 1.90. The molecule has 5 heteroatoms. The van der Waals surface area contributed by atoms with E-state index in [0.29, 0.717) is 28.1 Å². The lowest BCUT2D eigenvalue weighted by Crippen LogP contribution is -1.98. The first-order chi connectivity index (χ1) is 14.0. The molecule has 0 aliphatic heterocycles. The number of nitriles is 1. The third-order valence-corrected chi connectivity index (χ3v) is 5.07. The molecular formula is C24H19BrFNO2. The van der Waals surface area contributed by atoms with E-state index in [9.17, 15) is 9.65 Å². The number of hydrogen-bond donors (Lipinski definition) is 0. The Morgan fingerprint density at radius 1 is 1.10 bits per heavy atom. The van der Waals surface area contributed by atoms with Crippen molar-refractivity contribution in [1.29, 1.82) is 5.26 Å². The molecule has 29 heavy (non-hydrogen) atoms. The van der Waals surface area contributed by atoms with Crippen LogP contribution in [0, 0.1) is 24.1 Å². The second kappa shape index (κ2) is 9.40. The summed E-state index contributed by atoms with van der Waals surface area (Å²) in [6.07, 6.45) is 1.62. The Labute approximate surface area is 178 Å². The Kier molecular flexibility index (Phi) is 6.69. The first-order valence-corrected chi connectivity index (χ1v) is 9.73. The fraction of sp³-hybridized carbons (Fsp3) is 0.125. The van der Waals surface area contributed by atoms with Gasteiger partial charge in [0.15, 0.2) is 11.5 Å². The van der Waals surface area contributed by atoms with E-state index in [0.717, 1.165) is 5.56 Å². The molecule has 0 saturated heterocycles. The molecule has 3 nitrogen and oxygen atoms in total. The van der Waals surface area contributed by atoms with E-state index < -0.39 is 5.82 Å². The topological polar surface area (TPSA) is 42.2 Å². The highest BCUT2D eigenvalue weighted by Gasteiger charge is 2.12. The summed E-state index contributed by atoms with van der Waals surface area (Å²) in [7, 11) is 1.55. The largest absolute Gasteiger partial charge is 0.493 e. The predicted molar refractivity (Wildman–Crippen MR) is 116 cm³/mol. The molecule has 0 unspecified atom stereocenters. The monoisotopic (exact) mass is 451 g/mol. The number of nitrogens with zero attached hydrogens (tertiary/aromatic N) is 1. The van der Waals surface area contributed by atoms with E-state index in [1.807, 2.05) is 31.2 Å². The molecule has 3 aromatic rings. The highest BCUT2D eigenvalue weighted by molar-refractivity contribution is 9.10. The van der Waals surface area contributed by atoms with Crippen LogP contribution in [0.1, 0.15) is 22.3 Å². The van der Waals surface area contributed by atoms with Gasteiger partial charge in [0.2, 0.25) is 0 Å². The number of methoxy groups -OCH3 is 1. The van der Waals surface area contributed by atoms with Gasteiger partial charge in [-0.3, -0.25) is 0 Å². The Bertz CT molecular complexity index is 1090. The number of hydrogen-bond acceptors (Lipinski definition) is 3. The maximum absolute atomic E-state index is 14.1. The van der Waals surface area contributed by atoms with Gasteiger partial charge in [-0.1, -0.05) is 64.0 Å². The normalized spacial score (nSPS) is 11.1. The molecule has 0 N–H and O–H groups in total. The lowest BCUT2D eigenvalue weighted by atomic mass is 10.0. The maximum Gasteiger partial charge on any atom is 0.162 e. The predicted octanol–water partition coefficient (Wildman–Crippen LogP) is 6.55. The summed E-state index contributed by atoms with van der Waals surface area (Å²) in [6.45, 7) is 2.44. The van der Waals surface area contributed by atoms with Gasteiger partial charge in [-0.25, -0.2) is 4.39 Å². The van der Waals surface area contributed by atoms with Gasteiger partial charge in [-0.05, 0) is 42.3 Å². The van der Waals surface area contributed by atoms with Gasteiger partial charge in [0.05, 0.1) is 18.8 Å². The van der Waals surface area contributed by atoms with E-state index in [-0.39, 0.29) is 11.1 Å². The van der Waals surface area contributed by atoms with Crippen LogP contribution in [0.25, 0.3) is 11.6 Å². The van der Waals surface area contributed by atoms with Crippen molar-refractivity contribution in [2.45, 2.75) is 13.5 Å². The molecule has 0 atom stereocenters. The summed E-state index contributed by atoms with van der Waals surface area (Å²) in [6, 6.07) is 19.9. The highest BCUT2D eigenvalue weighted by Crippen LogP contribution is 2.36. The summed E-state index contributed by atoms with van der Waals surface area (Å²) in [5, 5.41) is 9.51. The first-order valence-electron chi connectivity index (χ1n) is 8.94. The highest BCUT2D eigenvalue weighted by atomic mass is 79.9. The average molecular weight is 452 g/mol. The zero-order valence-corrected chi connectivity index (χ0v) is 17.7. The molecule has 0 radical (unpaired) electrons. The van der Waals surface area contributed by atoms with Gasteiger partial charge in [0.1, 0.15) is 12.4 Å². The van der Waals surface area contributed by atoms with E-state index >= 15 is 0 Å². The molecule has 0 aliphatic rings. The van der Waals surface area contributed by atoms with Gasteiger partial charge in [0.25, 0.3) is 0 Å². The van der Waals surface area contributed by atoms with Gasteiger partial charge in [0, 0.05) is 10.0 Å². The standard InChI is InChI=1S/C24H19BrFNO2/c1-16-7-9-17(10-8-16)15-29-24-13-21(25)18(12-23(24)28-2)11-19(14-27)20-5-3-4-6-22(20)26/h3-13H,15H2,1-2H3. The number of ether oxygens (including phenoxy) is 2. The van der Waals surface area contributed by atoms with E-state index in [1.165, 1.54) is 11.6 Å². The molecule has 3 aromatic carbocycles. The third kappa shape index (κ3) is 5.04. The molecule has 0 aromatic heterocycles. The maximum atomic E-state index is 14.1. The van der Waals surface area contributed by atoms with Crippen molar-refractivity contribution in [1.82, 2.24) is 0 Å². The van der Waals surface area contributed by atoms with Gasteiger partial charge in [-0.2, -0.15) is 5.26 Å². The minimum atomic E-state index is -0.443. The van der Waals surface area contributed by atoms with Crippen LogP contribution in [0.2, 0.25) is 0 Å². The lowest BCUT2D eigenvalue weighted by molar-refractivity contribution is 0.284. The summed E-state index contributed by atoms with van der Waals surface area (Å²) < 4.78 is 26.2. The van der Waals surface area contributed by atoms with Crippen LogP contribution in [-0.4, -0.2) is 7.11 Å². The fourth-order valence-electron chi connectivity index (χ4n) is 2.78. The minimum Gasteiger partial charge on any atom is -0.493 e. The molecule has 0 saturated carbocycles. The average Bonchev–Trinajstić information content (AvgIpc) is 2.73. The minimum absolute atomic E-state index is 0.221. The first kappa shape index (κ1) is 20.6. The van der Waals surface area contributed by atoms with Crippen LogP contribution in [0.5, 0.6) is 11.5 Å². The summed E-state index contributed by atoms with van der Waals surface area (Å²) in [5.41, 5.74) is 3.39. The molecular weight excluding hydrogens is 433 g/mol. The van der Waals surface area contributed by atoms with Gasteiger partial charge >= 0.3 is 0 Å². The number of aryl methyl sites for hydroxylation is 1. The zero-order chi connectivity index (χ0) is 20.8. The number of benzene rings is 3. The lowest BCUT2D eigenvalue weighted by Gasteiger charge is -2.13. The van der Waals surface area contributed by atoms with Crippen LogP contribution in [-0.2, 0) is 6.61 Å². The molecule has 3 rings (SSSR count). The molecule has 0 spiro atoms. The summed E-state index contributed by atoms with van der Waals surface area (Å²) in [4.78, 5) is 0. The third-order valence-electron chi connectivity index (χ3n) is 4.38. The van der Waals surface area contributed by atoms with Gasteiger partial charge in [-0.15, -0.1) is 0 Å². The van der Waals surface area contributed by atoms with E-state index in [1.54, 1.807) is 43.5 Å². The molecule has 0 amide bonds. The SMILES string of the molecule is COc1cc(C=C(C#N)c2ccccc2F)c(Br)cc1OCc1ccc(C)cc1. The molecule has 0 heterocycles. The van der Waals surface area contributed by atoms with Crippen molar-refractivity contribution in [3.63, 3.8) is 0 Å². The summed E-state index contributed by atoms with van der Waals surface area (Å²) >= 11 is 3.51. The number of halogens is 2. The molecule has 0 fully saturated rings. The van der Waals surface area contributed by atoms with Crippen molar-refractivity contribution in [3.05, 3.63) is 93.2 Å². The molecule has 0 aliphatic carbocycles. The van der Waals surface area contributed by atoms with Crippen LogP contribution in [0.3, 0.4) is 0 Å². The summed E-state index contributed by atoms with van der Waals surface area (Å²) in [5.74, 6) is 0.653. The van der Waals surface area contributed by atoms with Crippen LogP contribution >= 0.6 is 15.9 Å².